The smallest absolute Gasteiger partial charge is 0.268 e. The van der Waals surface area contributed by atoms with Crippen LogP contribution in [0.2, 0.25) is 10.0 Å². The first kappa shape index (κ1) is 15.2. The molecule has 21 heavy (non-hydrogen) atoms. The van der Waals surface area contributed by atoms with Gasteiger partial charge in [0.15, 0.2) is 0 Å². The molecule has 2 N–H and O–H groups in total. The Morgan fingerprint density at radius 3 is 2.10 bits per heavy atom. The predicted molar refractivity (Wildman–Crippen MR) is 79.2 cm³/mol. The fourth-order valence-corrected chi connectivity index (χ4v) is 2.93. The molecule has 0 amide bonds. The third kappa shape index (κ3) is 2.67. The molecule has 1 aromatic carbocycles. The van der Waals surface area contributed by atoms with E-state index in [0.29, 0.717) is 21.3 Å². The van der Waals surface area contributed by atoms with E-state index < -0.39 is 17.4 Å². The summed E-state index contributed by atoms with van der Waals surface area (Å²) in [5, 5.41) is 24.2. The summed E-state index contributed by atoms with van der Waals surface area (Å²) < 4.78 is 0. The van der Waals surface area contributed by atoms with Crippen LogP contribution in [0.15, 0.2) is 23.0 Å². The highest BCUT2D eigenvalue weighted by atomic mass is 35.5. The molecule has 0 saturated carbocycles. The highest BCUT2D eigenvalue weighted by Gasteiger charge is 2.32. The van der Waals surface area contributed by atoms with Crippen LogP contribution < -0.4 is 5.56 Å². The molecule has 5 nitrogen and oxygen atoms in total. The van der Waals surface area contributed by atoms with Gasteiger partial charge in [-0.2, -0.15) is 10.5 Å². The van der Waals surface area contributed by atoms with Crippen molar-refractivity contribution in [3.8, 4) is 12.1 Å². The Bertz CT molecular complexity index is 775. The van der Waals surface area contributed by atoms with Gasteiger partial charge in [-0.15, -0.1) is 0 Å². The average molecular weight is 321 g/mol. The molecule has 2 rings (SSSR count). The number of aromatic nitrogens is 2. The summed E-state index contributed by atoms with van der Waals surface area (Å²) in [7, 11) is 0. The van der Waals surface area contributed by atoms with Crippen molar-refractivity contribution in [2.45, 2.75) is 12.8 Å². The van der Waals surface area contributed by atoms with Crippen molar-refractivity contribution >= 4 is 23.2 Å². The maximum Gasteiger partial charge on any atom is 0.268 e. The van der Waals surface area contributed by atoms with Gasteiger partial charge in [-0.05, 0) is 24.6 Å². The predicted octanol–water partition coefficient (Wildman–Crippen LogP) is 3.11. The molecular formula is C14H10Cl2N4O. The molecular weight excluding hydrogens is 311 g/mol. The number of nitrogens with zero attached hydrogens (tertiary/aromatic N) is 2. The Kier molecular flexibility index (Phi) is 4.37. The first-order valence-corrected chi connectivity index (χ1v) is 6.77. The van der Waals surface area contributed by atoms with Crippen LogP contribution in [0.5, 0.6) is 0 Å². The second-order valence-electron chi connectivity index (χ2n) is 4.47. The first-order chi connectivity index (χ1) is 10.0. The number of halogens is 2. The van der Waals surface area contributed by atoms with Crippen LogP contribution in [0.4, 0.5) is 0 Å². The van der Waals surface area contributed by atoms with Crippen molar-refractivity contribution in [1.29, 1.82) is 10.5 Å². The SMILES string of the molecule is Cc1[nH][nH]c(=O)c1[C@@H](c1c(Cl)cccc1Cl)C(C#N)C#N. The Hall–Kier alpha value is -2.21. The van der Waals surface area contributed by atoms with Crippen LogP contribution in [-0.4, -0.2) is 10.2 Å². The van der Waals surface area contributed by atoms with Gasteiger partial charge in [0.05, 0.1) is 12.1 Å². The Balaban J connectivity index is 2.79. The molecule has 0 radical (unpaired) electrons. The normalized spacial score (nSPS) is 11.9. The minimum atomic E-state index is -1.09. The lowest BCUT2D eigenvalue weighted by atomic mass is 9.82. The molecule has 0 aliphatic heterocycles. The van der Waals surface area contributed by atoms with Crippen LogP contribution in [0.25, 0.3) is 0 Å². The average Bonchev–Trinajstić information content (AvgIpc) is 2.77. The van der Waals surface area contributed by atoms with Crippen molar-refractivity contribution in [3.63, 3.8) is 0 Å². The number of hydrogen-bond donors (Lipinski definition) is 2. The number of nitrogens with one attached hydrogen (secondary N) is 2. The van der Waals surface area contributed by atoms with Crippen LogP contribution >= 0.6 is 23.2 Å². The third-order valence-electron chi connectivity index (χ3n) is 3.25. The zero-order valence-electron chi connectivity index (χ0n) is 10.9. The molecule has 1 atom stereocenters. The number of hydrogen-bond acceptors (Lipinski definition) is 3. The van der Waals surface area contributed by atoms with Gasteiger partial charge in [0.25, 0.3) is 5.56 Å². The lowest BCUT2D eigenvalue weighted by Crippen LogP contribution is -2.20. The number of H-pyrrole nitrogens is 2. The number of aryl methyl sites for hydroxylation is 1. The molecule has 0 bridgehead atoms. The van der Waals surface area contributed by atoms with Crippen molar-refractivity contribution in [2.75, 3.05) is 0 Å². The van der Waals surface area contributed by atoms with Gasteiger partial charge in [-0.25, -0.2) is 0 Å². The van der Waals surface area contributed by atoms with Gasteiger partial charge in [0.1, 0.15) is 5.92 Å². The highest BCUT2D eigenvalue weighted by molar-refractivity contribution is 6.36. The summed E-state index contributed by atoms with van der Waals surface area (Å²) >= 11 is 12.4. The minimum Gasteiger partial charge on any atom is -0.302 e. The first-order valence-electron chi connectivity index (χ1n) is 6.01. The van der Waals surface area contributed by atoms with Crippen LogP contribution in [0, 0.1) is 35.5 Å². The molecule has 0 spiro atoms. The maximum atomic E-state index is 12.0. The molecule has 0 unspecified atom stereocenters. The largest absolute Gasteiger partial charge is 0.302 e. The van der Waals surface area contributed by atoms with E-state index in [1.165, 1.54) is 0 Å². The minimum absolute atomic E-state index is 0.290. The number of rotatable bonds is 3. The lowest BCUT2D eigenvalue weighted by Gasteiger charge is -2.19. The third-order valence-corrected chi connectivity index (χ3v) is 3.90. The van der Waals surface area contributed by atoms with Crippen LogP contribution in [0.1, 0.15) is 22.7 Å². The topological polar surface area (TPSA) is 96.2 Å². The highest BCUT2D eigenvalue weighted by Crippen LogP contribution is 2.39. The van der Waals surface area contributed by atoms with Gasteiger partial charge in [-0.1, -0.05) is 29.3 Å². The summed E-state index contributed by atoms with van der Waals surface area (Å²) in [6.07, 6.45) is 0. The van der Waals surface area contributed by atoms with E-state index in [2.05, 4.69) is 10.2 Å². The summed E-state index contributed by atoms with van der Waals surface area (Å²) in [5.74, 6) is -1.91. The van der Waals surface area contributed by atoms with E-state index in [1.54, 1.807) is 25.1 Å². The van der Waals surface area contributed by atoms with Crippen molar-refractivity contribution < 1.29 is 0 Å². The molecule has 0 saturated heterocycles. The van der Waals surface area contributed by atoms with E-state index in [0.717, 1.165) is 0 Å². The zero-order chi connectivity index (χ0) is 15.6. The fraction of sp³-hybridized carbons (Fsp3) is 0.214. The molecule has 7 heteroatoms. The van der Waals surface area contributed by atoms with Gasteiger partial charge in [0, 0.05) is 27.2 Å². The van der Waals surface area contributed by atoms with Crippen molar-refractivity contribution in [2.24, 2.45) is 5.92 Å². The Morgan fingerprint density at radius 2 is 1.67 bits per heavy atom. The summed E-state index contributed by atoms with van der Waals surface area (Å²) in [6, 6.07) is 8.68. The van der Waals surface area contributed by atoms with E-state index >= 15 is 0 Å². The molecule has 1 heterocycles. The van der Waals surface area contributed by atoms with E-state index in [9.17, 15) is 15.3 Å². The summed E-state index contributed by atoms with van der Waals surface area (Å²) in [5.41, 5.74) is 0.834. The van der Waals surface area contributed by atoms with Gasteiger partial charge in [-0.3, -0.25) is 9.89 Å². The molecule has 0 fully saturated rings. The molecule has 106 valence electrons. The molecule has 1 aromatic heterocycles. The quantitative estimate of drug-likeness (QED) is 0.909. The fourth-order valence-electron chi connectivity index (χ4n) is 2.29. The van der Waals surface area contributed by atoms with E-state index in [4.69, 9.17) is 23.2 Å². The Labute approximate surface area is 130 Å². The monoisotopic (exact) mass is 320 g/mol. The Morgan fingerprint density at radius 1 is 1.10 bits per heavy atom. The van der Waals surface area contributed by atoms with Gasteiger partial charge < -0.3 is 5.10 Å². The van der Waals surface area contributed by atoms with E-state index in [1.807, 2.05) is 12.1 Å². The summed E-state index contributed by atoms with van der Waals surface area (Å²) in [6.45, 7) is 1.68. The molecule has 0 aliphatic rings. The lowest BCUT2D eigenvalue weighted by molar-refractivity contribution is 0.701. The van der Waals surface area contributed by atoms with Gasteiger partial charge in [0.2, 0.25) is 0 Å². The van der Waals surface area contributed by atoms with E-state index in [-0.39, 0.29) is 5.56 Å². The summed E-state index contributed by atoms with van der Waals surface area (Å²) in [4.78, 5) is 12.0. The molecule has 2 aromatic rings. The van der Waals surface area contributed by atoms with Crippen molar-refractivity contribution in [3.05, 3.63) is 55.4 Å². The standard InChI is InChI=1S/C14H10Cl2N4O/c1-7-11(14(21)20-19-7)12(8(5-17)6-18)13-9(15)3-2-4-10(13)16/h2-4,8,12H,1H3,(H2,19,20,21)/t12-/m0/s1. The molecule has 0 aliphatic carbocycles. The second-order valence-corrected chi connectivity index (χ2v) is 5.28. The van der Waals surface area contributed by atoms with Gasteiger partial charge >= 0.3 is 0 Å². The number of benzene rings is 1. The van der Waals surface area contributed by atoms with Crippen LogP contribution in [-0.2, 0) is 0 Å². The van der Waals surface area contributed by atoms with Crippen LogP contribution in [0.3, 0.4) is 0 Å². The zero-order valence-corrected chi connectivity index (χ0v) is 12.5. The maximum absolute atomic E-state index is 12.0. The second kappa shape index (κ2) is 6.05. The number of nitriles is 2. The van der Waals surface area contributed by atoms with Crippen molar-refractivity contribution in [1.82, 2.24) is 10.2 Å². The number of aromatic amines is 2.